The summed E-state index contributed by atoms with van der Waals surface area (Å²) in [4.78, 5) is 8.44. The number of rotatable bonds is 2. The standard InChI is InChI=1S/C13H20ClN3/c1-9-4-3-5-11(7-6-9)17-13-8-12(14)15-10(2)16-13/h8-9,11H,3-7H2,1-2H3,(H,15,16,17). The van der Waals surface area contributed by atoms with Gasteiger partial charge in [0.15, 0.2) is 0 Å². The Bertz CT molecular complexity index is 361. The molecule has 0 radical (unpaired) electrons. The van der Waals surface area contributed by atoms with Gasteiger partial charge in [-0.1, -0.05) is 31.4 Å². The third-order valence-electron chi connectivity index (χ3n) is 3.42. The van der Waals surface area contributed by atoms with Crippen molar-refractivity contribution >= 4 is 17.4 Å². The molecule has 0 amide bonds. The van der Waals surface area contributed by atoms with Gasteiger partial charge in [0.25, 0.3) is 0 Å². The summed E-state index contributed by atoms with van der Waals surface area (Å²) in [5, 5.41) is 4.00. The molecule has 1 heterocycles. The van der Waals surface area contributed by atoms with E-state index >= 15 is 0 Å². The number of nitrogens with one attached hydrogen (secondary N) is 1. The Labute approximate surface area is 108 Å². The van der Waals surface area contributed by atoms with Crippen molar-refractivity contribution in [1.29, 1.82) is 0 Å². The summed E-state index contributed by atoms with van der Waals surface area (Å²) in [6.45, 7) is 4.21. The summed E-state index contributed by atoms with van der Waals surface area (Å²) < 4.78 is 0. The molecule has 94 valence electrons. The van der Waals surface area contributed by atoms with Gasteiger partial charge in [0.05, 0.1) is 0 Å². The van der Waals surface area contributed by atoms with E-state index in [9.17, 15) is 0 Å². The molecule has 1 aliphatic carbocycles. The topological polar surface area (TPSA) is 37.8 Å². The first-order valence-electron chi connectivity index (χ1n) is 6.41. The van der Waals surface area contributed by atoms with E-state index in [0.29, 0.717) is 11.2 Å². The Morgan fingerprint density at radius 1 is 1.24 bits per heavy atom. The van der Waals surface area contributed by atoms with E-state index in [-0.39, 0.29) is 0 Å². The zero-order valence-electron chi connectivity index (χ0n) is 10.5. The minimum Gasteiger partial charge on any atom is -0.367 e. The molecule has 0 bridgehead atoms. The normalized spacial score (nSPS) is 25.4. The number of nitrogens with zero attached hydrogens (tertiary/aromatic N) is 2. The van der Waals surface area contributed by atoms with Gasteiger partial charge in [-0.25, -0.2) is 9.97 Å². The van der Waals surface area contributed by atoms with E-state index in [1.165, 1.54) is 32.1 Å². The van der Waals surface area contributed by atoms with Gasteiger partial charge in [-0.3, -0.25) is 0 Å². The molecule has 0 aliphatic heterocycles. The number of aromatic nitrogens is 2. The maximum Gasteiger partial charge on any atom is 0.134 e. The first-order valence-corrected chi connectivity index (χ1v) is 6.79. The molecule has 2 unspecified atom stereocenters. The second-order valence-electron chi connectivity index (χ2n) is 5.08. The van der Waals surface area contributed by atoms with Gasteiger partial charge in [0, 0.05) is 12.1 Å². The maximum atomic E-state index is 5.93. The van der Waals surface area contributed by atoms with Gasteiger partial charge >= 0.3 is 0 Å². The van der Waals surface area contributed by atoms with E-state index < -0.39 is 0 Å². The predicted molar refractivity (Wildman–Crippen MR) is 71.4 cm³/mol. The summed E-state index contributed by atoms with van der Waals surface area (Å²) >= 11 is 5.93. The highest BCUT2D eigenvalue weighted by Crippen LogP contribution is 2.25. The lowest BCUT2D eigenvalue weighted by molar-refractivity contribution is 0.502. The molecule has 1 saturated carbocycles. The molecule has 3 nitrogen and oxygen atoms in total. The number of hydrogen-bond donors (Lipinski definition) is 1. The molecule has 1 aromatic heterocycles. The fraction of sp³-hybridized carbons (Fsp3) is 0.692. The fourth-order valence-corrected chi connectivity index (χ4v) is 2.67. The van der Waals surface area contributed by atoms with Gasteiger partial charge in [-0.05, 0) is 32.1 Å². The lowest BCUT2D eigenvalue weighted by atomic mass is 10.0. The minimum absolute atomic E-state index is 0.516. The molecule has 0 aromatic carbocycles. The molecule has 17 heavy (non-hydrogen) atoms. The van der Waals surface area contributed by atoms with Crippen LogP contribution >= 0.6 is 11.6 Å². The maximum absolute atomic E-state index is 5.93. The molecule has 1 fully saturated rings. The molecule has 4 heteroatoms. The van der Waals surface area contributed by atoms with E-state index in [4.69, 9.17) is 11.6 Å². The van der Waals surface area contributed by atoms with Crippen LogP contribution in [0.25, 0.3) is 0 Å². The first-order chi connectivity index (χ1) is 8.13. The molecule has 0 saturated heterocycles. The van der Waals surface area contributed by atoms with Crippen LogP contribution in [0.1, 0.15) is 44.9 Å². The summed E-state index contributed by atoms with van der Waals surface area (Å²) in [6, 6.07) is 2.34. The average Bonchev–Trinajstić information content (AvgIpc) is 2.42. The highest BCUT2D eigenvalue weighted by molar-refractivity contribution is 6.29. The molecule has 2 atom stereocenters. The highest BCUT2D eigenvalue weighted by Gasteiger charge is 2.16. The molecular weight excluding hydrogens is 234 g/mol. The van der Waals surface area contributed by atoms with Crippen LogP contribution in [0.5, 0.6) is 0 Å². The quantitative estimate of drug-likeness (QED) is 0.643. The lowest BCUT2D eigenvalue weighted by Gasteiger charge is -2.17. The van der Waals surface area contributed by atoms with E-state index in [0.717, 1.165) is 17.6 Å². The van der Waals surface area contributed by atoms with Gasteiger partial charge in [0.1, 0.15) is 16.8 Å². The lowest BCUT2D eigenvalue weighted by Crippen LogP contribution is -2.19. The smallest absolute Gasteiger partial charge is 0.134 e. The van der Waals surface area contributed by atoms with E-state index in [1.807, 2.05) is 13.0 Å². The fourth-order valence-electron chi connectivity index (χ4n) is 2.45. The Hall–Kier alpha value is -0.830. The molecule has 1 aromatic rings. The van der Waals surface area contributed by atoms with Crippen LogP contribution < -0.4 is 5.32 Å². The summed E-state index contributed by atoms with van der Waals surface area (Å²) in [5.41, 5.74) is 0. The summed E-state index contributed by atoms with van der Waals surface area (Å²) in [5.74, 6) is 2.45. The zero-order valence-corrected chi connectivity index (χ0v) is 11.3. The summed E-state index contributed by atoms with van der Waals surface area (Å²) in [7, 11) is 0. The molecule has 1 N–H and O–H groups in total. The van der Waals surface area contributed by atoms with Crippen LogP contribution in [0, 0.1) is 12.8 Å². The average molecular weight is 254 g/mol. The predicted octanol–water partition coefficient (Wildman–Crippen LogP) is 3.82. The van der Waals surface area contributed by atoms with Crippen LogP contribution in [0.3, 0.4) is 0 Å². The van der Waals surface area contributed by atoms with Crippen LogP contribution in [0.4, 0.5) is 5.82 Å². The van der Waals surface area contributed by atoms with Crippen LogP contribution in [-0.4, -0.2) is 16.0 Å². The molecule has 0 spiro atoms. The van der Waals surface area contributed by atoms with Crippen molar-refractivity contribution in [3.05, 3.63) is 17.0 Å². The minimum atomic E-state index is 0.516. The molecule has 2 rings (SSSR count). The van der Waals surface area contributed by atoms with Crippen molar-refractivity contribution < 1.29 is 0 Å². The monoisotopic (exact) mass is 253 g/mol. The Balaban J connectivity index is 1.99. The number of hydrogen-bond acceptors (Lipinski definition) is 3. The zero-order chi connectivity index (χ0) is 12.3. The van der Waals surface area contributed by atoms with Gasteiger partial charge in [0.2, 0.25) is 0 Å². The second-order valence-corrected chi connectivity index (χ2v) is 5.47. The van der Waals surface area contributed by atoms with E-state index in [2.05, 4.69) is 22.2 Å². The van der Waals surface area contributed by atoms with Crippen LogP contribution in [0.2, 0.25) is 5.15 Å². The van der Waals surface area contributed by atoms with Gasteiger partial charge in [-0.2, -0.15) is 0 Å². The van der Waals surface area contributed by atoms with Crippen molar-refractivity contribution in [3.63, 3.8) is 0 Å². The van der Waals surface area contributed by atoms with Crippen molar-refractivity contribution in [1.82, 2.24) is 9.97 Å². The van der Waals surface area contributed by atoms with Crippen molar-refractivity contribution in [3.8, 4) is 0 Å². The number of aryl methyl sites for hydroxylation is 1. The Kier molecular flexibility index (Phi) is 4.21. The second kappa shape index (κ2) is 5.67. The van der Waals surface area contributed by atoms with Crippen molar-refractivity contribution in [2.45, 2.75) is 52.0 Å². The van der Waals surface area contributed by atoms with Gasteiger partial charge in [-0.15, -0.1) is 0 Å². The highest BCUT2D eigenvalue weighted by atomic mass is 35.5. The van der Waals surface area contributed by atoms with Crippen LogP contribution in [-0.2, 0) is 0 Å². The Morgan fingerprint density at radius 3 is 2.82 bits per heavy atom. The largest absolute Gasteiger partial charge is 0.367 e. The van der Waals surface area contributed by atoms with Gasteiger partial charge < -0.3 is 5.32 Å². The third kappa shape index (κ3) is 3.84. The Morgan fingerprint density at radius 2 is 2.06 bits per heavy atom. The van der Waals surface area contributed by atoms with Crippen molar-refractivity contribution in [2.24, 2.45) is 5.92 Å². The van der Waals surface area contributed by atoms with Crippen LogP contribution in [0.15, 0.2) is 6.07 Å². The third-order valence-corrected chi connectivity index (χ3v) is 3.61. The summed E-state index contributed by atoms with van der Waals surface area (Å²) in [6.07, 6.45) is 6.40. The first kappa shape index (κ1) is 12.6. The molecule has 1 aliphatic rings. The molecular formula is C13H20ClN3. The number of anilines is 1. The number of halogens is 1. The van der Waals surface area contributed by atoms with E-state index in [1.54, 1.807) is 0 Å². The SMILES string of the molecule is Cc1nc(Cl)cc(NC2CCCC(C)CC2)n1. The van der Waals surface area contributed by atoms with Crippen molar-refractivity contribution in [2.75, 3.05) is 5.32 Å².